The molecule has 0 radical (unpaired) electrons. The van der Waals surface area contributed by atoms with Crippen LogP contribution in [0.2, 0.25) is 0 Å². The molecule has 2 rings (SSSR count). The Morgan fingerprint density at radius 1 is 0.846 bits per heavy atom. The lowest BCUT2D eigenvalue weighted by Crippen LogP contribution is -2.59. The minimum absolute atomic E-state index is 0.211. The molecule has 6 N–H and O–H groups in total. The van der Waals surface area contributed by atoms with E-state index in [4.69, 9.17) is 24.1 Å². The molecule has 0 saturated carbocycles. The largest absolute Gasteiger partial charge is 0.394 e. The number of hydrogen-bond acceptors (Lipinski definition) is 10. The van der Waals surface area contributed by atoms with Crippen LogP contribution >= 0.6 is 0 Å². The smallest absolute Gasteiger partial charge is 0.186 e. The zero-order chi connectivity index (χ0) is 19.4. The highest BCUT2D eigenvalue weighted by molar-refractivity contribution is 4.91. The first-order valence-corrected chi connectivity index (χ1v) is 8.46. The van der Waals surface area contributed by atoms with Crippen LogP contribution < -0.4 is 0 Å². The van der Waals surface area contributed by atoms with Crippen molar-refractivity contribution in [3.05, 3.63) is 12.2 Å². The lowest BCUT2D eigenvalue weighted by Gasteiger charge is -2.40. The van der Waals surface area contributed by atoms with Gasteiger partial charge in [-0.3, -0.25) is 0 Å². The van der Waals surface area contributed by atoms with Gasteiger partial charge < -0.3 is 49.6 Å². The van der Waals surface area contributed by atoms with Gasteiger partial charge in [-0.2, -0.15) is 0 Å². The third-order valence-corrected chi connectivity index (χ3v) is 4.40. The van der Waals surface area contributed by atoms with Crippen LogP contribution in [-0.2, 0) is 18.9 Å². The minimum atomic E-state index is -1.52. The van der Waals surface area contributed by atoms with E-state index in [1.807, 2.05) is 6.92 Å². The highest BCUT2D eigenvalue weighted by Crippen LogP contribution is 2.26. The van der Waals surface area contributed by atoms with Crippen molar-refractivity contribution in [2.24, 2.45) is 0 Å². The Labute approximate surface area is 151 Å². The molecule has 152 valence electrons. The van der Waals surface area contributed by atoms with Crippen molar-refractivity contribution in [1.29, 1.82) is 0 Å². The van der Waals surface area contributed by atoms with Gasteiger partial charge in [-0.1, -0.05) is 5.57 Å². The van der Waals surface area contributed by atoms with Crippen LogP contribution in [0.3, 0.4) is 0 Å². The minimum Gasteiger partial charge on any atom is -0.394 e. The molecular formula is C16H28O10. The molecule has 2 heterocycles. The van der Waals surface area contributed by atoms with E-state index in [9.17, 15) is 25.5 Å². The topological polar surface area (TPSA) is 158 Å². The monoisotopic (exact) mass is 380 g/mol. The second kappa shape index (κ2) is 9.51. The van der Waals surface area contributed by atoms with Crippen LogP contribution in [0.1, 0.15) is 13.3 Å². The summed E-state index contributed by atoms with van der Waals surface area (Å²) in [6.45, 7) is 4.95. The van der Waals surface area contributed by atoms with Gasteiger partial charge in [0.25, 0.3) is 0 Å². The molecule has 0 aromatic rings. The summed E-state index contributed by atoms with van der Waals surface area (Å²) in [6, 6.07) is 0. The Kier molecular flexibility index (Phi) is 7.91. The maximum Gasteiger partial charge on any atom is 0.186 e. The SMILES string of the molecule is C=C(C)CCOC1OC(COC2OC(CO)C(O)C2O)C(O)C(O)C1O. The van der Waals surface area contributed by atoms with Gasteiger partial charge in [0.05, 0.1) is 19.8 Å². The predicted molar refractivity (Wildman–Crippen MR) is 85.8 cm³/mol. The number of rotatable bonds is 8. The molecule has 9 unspecified atom stereocenters. The molecule has 2 aliphatic heterocycles. The van der Waals surface area contributed by atoms with Crippen LogP contribution in [0.4, 0.5) is 0 Å². The third kappa shape index (κ3) is 4.98. The van der Waals surface area contributed by atoms with Crippen molar-refractivity contribution in [3.8, 4) is 0 Å². The standard InChI is InChI=1S/C16H28O10/c1-7(2)3-4-23-15-14(22)12(20)11(19)9(26-15)6-24-16-13(21)10(18)8(5-17)25-16/h8-22H,1,3-6H2,2H3. The Bertz CT molecular complexity index is 460. The van der Waals surface area contributed by atoms with E-state index in [2.05, 4.69) is 6.58 Å². The van der Waals surface area contributed by atoms with Crippen LogP contribution in [0.5, 0.6) is 0 Å². The van der Waals surface area contributed by atoms with E-state index < -0.39 is 61.9 Å². The molecule has 2 fully saturated rings. The van der Waals surface area contributed by atoms with Gasteiger partial charge in [0.2, 0.25) is 0 Å². The van der Waals surface area contributed by atoms with E-state index in [0.29, 0.717) is 6.42 Å². The number of aliphatic hydroxyl groups excluding tert-OH is 6. The first-order valence-electron chi connectivity index (χ1n) is 8.46. The maximum absolute atomic E-state index is 10.1. The van der Waals surface area contributed by atoms with E-state index in [1.165, 1.54) is 0 Å². The molecule has 0 amide bonds. The quantitative estimate of drug-likeness (QED) is 0.244. The van der Waals surface area contributed by atoms with Crippen LogP contribution in [0, 0.1) is 0 Å². The molecule has 0 bridgehead atoms. The fourth-order valence-corrected chi connectivity index (χ4v) is 2.73. The van der Waals surface area contributed by atoms with Crippen LogP contribution in [0.25, 0.3) is 0 Å². The summed E-state index contributed by atoms with van der Waals surface area (Å²) in [5, 5.41) is 58.6. The first-order chi connectivity index (χ1) is 12.3. The average molecular weight is 380 g/mol. The summed E-state index contributed by atoms with van der Waals surface area (Å²) in [5.74, 6) is 0. The zero-order valence-electron chi connectivity index (χ0n) is 14.5. The Morgan fingerprint density at radius 3 is 1.96 bits per heavy atom. The summed E-state index contributed by atoms with van der Waals surface area (Å²) < 4.78 is 21.3. The Hall–Kier alpha value is -0.660. The molecule has 0 aliphatic carbocycles. The van der Waals surface area contributed by atoms with E-state index in [-0.39, 0.29) is 13.2 Å². The van der Waals surface area contributed by atoms with Gasteiger partial charge in [0.1, 0.15) is 42.7 Å². The number of aliphatic hydroxyl groups is 6. The molecule has 10 nitrogen and oxygen atoms in total. The fraction of sp³-hybridized carbons (Fsp3) is 0.875. The lowest BCUT2D eigenvalue weighted by molar-refractivity contribution is -0.309. The van der Waals surface area contributed by atoms with Crippen molar-refractivity contribution in [3.63, 3.8) is 0 Å². The summed E-state index contributed by atoms with van der Waals surface area (Å²) in [6.07, 6.45) is -11.0. The van der Waals surface area contributed by atoms with Gasteiger partial charge in [-0.25, -0.2) is 0 Å². The van der Waals surface area contributed by atoms with E-state index >= 15 is 0 Å². The van der Waals surface area contributed by atoms with Gasteiger partial charge in [-0.15, -0.1) is 6.58 Å². The molecule has 26 heavy (non-hydrogen) atoms. The molecule has 0 spiro atoms. The molecule has 0 aromatic carbocycles. The molecule has 10 heteroatoms. The maximum atomic E-state index is 10.1. The van der Waals surface area contributed by atoms with Crippen molar-refractivity contribution in [1.82, 2.24) is 0 Å². The number of hydrogen-bond donors (Lipinski definition) is 6. The summed E-state index contributed by atoms with van der Waals surface area (Å²) in [5.41, 5.74) is 0.875. The molecule has 2 aliphatic rings. The first kappa shape index (κ1) is 21.6. The Morgan fingerprint density at radius 2 is 1.38 bits per heavy atom. The molecule has 9 atom stereocenters. The van der Waals surface area contributed by atoms with Gasteiger partial charge in [0, 0.05) is 0 Å². The zero-order valence-corrected chi connectivity index (χ0v) is 14.5. The third-order valence-electron chi connectivity index (χ3n) is 4.40. The average Bonchev–Trinajstić information content (AvgIpc) is 2.88. The summed E-state index contributed by atoms with van der Waals surface area (Å²) >= 11 is 0. The van der Waals surface area contributed by atoms with Crippen LogP contribution in [0.15, 0.2) is 12.2 Å². The van der Waals surface area contributed by atoms with Crippen molar-refractivity contribution in [2.75, 3.05) is 19.8 Å². The van der Waals surface area contributed by atoms with E-state index in [0.717, 1.165) is 5.57 Å². The van der Waals surface area contributed by atoms with Gasteiger partial charge in [0.15, 0.2) is 12.6 Å². The number of ether oxygens (including phenoxy) is 4. The highest BCUT2D eigenvalue weighted by Gasteiger charge is 2.47. The van der Waals surface area contributed by atoms with Gasteiger partial charge >= 0.3 is 0 Å². The van der Waals surface area contributed by atoms with Crippen molar-refractivity contribution in [2.45, 2.75) is 68.7 Å². The molecule has 2 saturated heterocycles. The normalized spacial score (nSPS) is 43.6. The van der Waals surface area contributed by atoms with Crippen molar-refractivity contribution < 1.29 is 49.6 Å². The Balaban J connectivity index is 1.89. The second-order valence-corrected chi connectivity index (χ2v) is 6.63. The van der Waals surface area contributed by atoms with Crippen molar-refractivity contribution >= 4 is 0 Å². The molecular weight excluding hydrogens is 352 g/mol. The predicted octanol–water partition coefficient (Wildman–Crippen LogP) is -2.77. The summed E-state index contributed by atoms with van der Waals surface area (Å²) in [4.78, 5) is 0. The second-order valence-electron chi connectivity index (χ2n) is 6.63. The van der Waals surface area contributed by atoms with E-state index in [1.54, 1.807) is 0 Å². The molecule has 0 aromatic heterocycles. The van der Waals surface area contributed by atoms with Gasteiger partial charge in [-0.05, 0) is 13.3 Å². The highest BCUT2D eigenvalue weighted by atomic mass is 16.7. The summed E-state index contributed by atoms with van der Waals surface area (Å²) in [7, 11) is 0. The lowest BCUT2D eigenvalue weighted by atomic mass is 9.99. The fourth-order valence-electron chi connectivity index (χ4n) is 2.73. The van der Waals surface area contributed by atoms with Crippen LogP contribution in [-0.4, -0.2) is 106 Å².